The number of nitrogen functional groups attached to an aromatic ring is 1. The van der Waals surface area contributed by atoms with E-state index in [1.54, 1.807) is 0 Å². The number of anilines is 1. The summed E-state index contributed by atoms with van der Waals surface area (Å²) >= 11 is 1.17. The van der Waals surface area contributed by atoms with Crippen LogP contribution in [0.5, 0.6) is 0 Å². The highest BCUT2D eigenvalue weighted by atomic mass is 32.2. The van der Waals surface area contributed by atoms with Gasteiger partial charge < -0.3 is 5.73 Å². The first-order chi connectivity index (χ1) is 8.56. The van der Waals surface area contributed by atoms with E-state index in [9.17, 15) is 13.2 Å². The van der Waals surface area contributed by atoms with Gasteiger partial charge >= 0.3 is 0 Å². The fourth-order valence-corrected chi connectivity index (χ4v) is 2.41. The normalized spacial score (nSPS) is 10.6. The second-order valence-electron chi connectivity index (χ2n) is 3.71. The summed E-state index contributed by atoms with van der Waals surface area (Å²) in [4.78, 5) is 0.513. The van der Waals surface area contributed by atoms with Crippen LogP contribution in [0, 0.1) is 17.5 Å². The molecular weight excluding hydrogens is 259 g/mol. The van der Waals surface area contributed by atoms with Crippen LogP contribution >= 0.6 is 11.8 Å². The predicted octanol–water partition coefficient (Wildman–Crippen LogP) is 3.98. The molecule has 2 aromatic rings. The molecule has 5 heteroatoms. The van der Waals surface area contributed by atoms with Gasteiger partial charge in [0, 0.05) is 21.9 Å². The van der Waals surface area contributed by atoms with Crippen LogP contribution in [-0.4, -0.2) is 0 Å². The molecule has 0 fully saturated rings. The van der Waals surface area contributed by atoms with E-state index >= 15 is 0 Å². The molecule has 2 rings (SSSR count). The van der Waals surface area contributed by atoms with Crippen LogP contribution in [0.1, 0.15) is 5.56 Å². The van der Waals surface area contributed by atoms with Gasteiger partial charge in [0.2, 0.25) is 0 Å². The highest BCUT2D eigenvalue weighted by Crippen LogP contribution is 2.29. The third-order valence-corrected chi connectivity index (χ3v) is 3.49. The van der Waals surface area contributed by atoms with Crippen molar-refractivity contribution in [3.63, 3.8) is 0 Å². The number of halogens is 3. The minimum atomic E-state index is -0.501. The highest BCUT2D eigenvalue weighted by molar-refractivity contribution is 7.98. The number of hydrogen-bond donors (Lipinski definition) is 1. The third-order valence-electron chi connectivity index (χ3n) is 2.37. The van der Waals surface area contributed by atoms with Crippen molar-refractivity contribution in [2.24, 2.45) is 0 Å². The number of hydrogen-bond acceptors (Lipinski definition) is 2. The van der Waals surface area contributed by atoms with Crippen LogP contribution in [0.4, 0.5) is 18.9 Å². The van der Waals surface area contributed by atoms with E-state index in [0.29, 0.717) is 10.6 Å². The summed E-state index contributed by atoms with van der Waals surface area (Å²) in [6.45, 7) is 0. The summed E-state index contributed by atoms with van der Waals surface area (Å²) < 4.78 is 39.3. The zero-order valence-electron chi connectivity index (χ0n) is 9.29. The molecule has 0 aliphatic carbocycles. The van der Waals surface area contributed by atoms with Crippen LogP contribution in [0.25, 0.3) is 0 Å². The van der Waals surface area contributed by atoms with Crippen molar-refractivity contribution in [3.8, 4) is 0 Å². The predicted molar refractivity (Wildman–Crippen MR) is 66.7 cm³/mol. The molecule has 18 heavy (non-hydrogen) atoms. The van der Waals surface area contributed by atoms with Crippen molar-refractivity contribution in [1.82, 2.24) is 0 Å². The molecule has 2 N–H and O–H groups in total. The highest BCUT2D eigenvalue weighted by Gasteiger charge is 2.07. The number of thioether (sulfide) groups is 1. The van der Waals surface area contributed by atoms with Gasteiger partial charge in [-0.2, -0.15) is 0 Å². The molecule has 2 aromatic carbocycles. The molecule has 0 heterocycles. The van der Waals surface area contributed by atoms with E-state index in [2.05, 4.69) is 0 Å². The monoisotopic (exact) mass is 269 g/mol. The van der Waals surface area contributed by atoms with Gasteiger partial charge in [0.15, 0.2) is 0 Å². The SMILES string of the molecule is Nc1ccc(F)cc1SCc1cc(F)ccc1F. The fourth-order valence-electron chi connectivity index (χ4n) is 1.44. The van der Waals surface area contributed by atoms with Crippen molar-refractivity contribution < 1.29 is 13.2 Å². The van der Waals surface area contributed by atoms with Gasteiger partial charge in [0.25, 0.3) is 0 Å². The molecule has 0 saturated carbocycles. The van der Waals surface area contributed by atoms with Crippen molar-refractivity contribution in [2.75, 3.05) is 5.73 Å². The average Bonchev–Trinajstić information content (AvgIpc) is 2.34. The van der Waals surface area contributed by atoms with Gasteiger partial charge in [-0.25, -0.2) is 13.2 Å². The van der Waals surface area contributed by atoms with E-state index in [0.717, 1.165) is 18.2 Å². The van der Waals surface area contributed by atoms with E-state index in [1.165, 1.54) is 30.0 Å². The maximum atomic E-state index is 13.4. The molecule has 0 saturated heterocycles. The van der Waals surface area contributed by atoms with Crippen LogP contribution in [0.2, 0.25) is 0 Å². The van der Waals surface area contributed by atoms with Gasteiger partial charge in [-0.1, -0.05) is 0 Å². The van der Waals surface area contributed by atoms with E-state index < -0.39 is 17.5 Å². The summed E-state index contributed by atoms with van der Waals surface area (Å²) in [5.74, 6) is -1.21. The van der Waals surface area contributed by atoms with Crippen LogP contribution in [-0.2, 0) is 5.75 Å². The van der Waals surface area contributed by atoms with E-state index in [1.807, 2.05) is 0 Å². The molecule has 0 bridgehead atoms. The Morgan fingerprint density at radius 3 is 2.39 bits per heavy atom. The molecule has 0 aliphatic rings. The molecule has 0 amide bonds. The second-order valence-corrected chi connectivity index (χ2v) is 4.72. The first-order valence-corrected chi connectivity index (χ1v) is 6.16. The summed E-state index contributed by atoms with van der Waals surface area (Å²) in [6.07, 6.45) is 0. The van der Waals surface area contributed by atoms with Gasteiger partial charge in [0.05, 0.1) is 0 Å². The maximum Gasteiger partial charge on any atom is 0.127 e. The van der Waals surface area contributed by atoms with Crippen molar-refractivity contribution in [2.45, 2.75) is 10.6 Å². The molecular formula is C13H10F3NS. The maximum absolute atomic E-state index is 13.4. The van der Waals surface area contributed by atoms with Crippen LogP contribution in [0.3, 0.4) is 0 Å². The number of benzene rings is 2. The minimum absolute atomic E-state index is 0.192. The Hall–Kier alpha value is -1.62. The van der Waals surface area contributed by atoms with Crippen LogP contribution in [0.15, 0.2) is 41.3 Å². The van der Waals surface area contributed by atoms with E-state index in [4.69, 9.17) is 5.73 Å². The number of nitrogens with two attached hydrogens (primary N) is 1. The van der Waals surface area contributed by atoms with Crippen LogP contribution < -0.4 is 5.73 Å². The molecule has 1 nitrogen and oxygen atoms in total. The first-order valence-electron chi connectivity index (χ1n) is 5.18. The second kappa shape index (κ2) is 5.35. The first kappa shape index (κ1) is 12.8. The lowest BCUT2D eigenvalue weighted by Gasteiger charge is -2.06. The Morgan fingerprint density at radius 2 is 1.61 bits per heavy atom. The zero-order chi connectivity index (χ0) is 13.1. The Kier molecular flexibility index (Phi) is 3.81. The zero-order valence-corrected chi connectivity index (χ0v) is 10.1. The molecule has 94 valence electrons. The topological polar surface area (TPSA) is 26.0 Å². The summed E-state index contributed by atoms with van der Waals surface area (Å²) in [7, 11) is 0. The van der Waals surface area contributed by atoms with Crippen molar-refractivity contribution in [1.29, 1.82) is 0 Å². The number of rotatable bonds is 3. The summed E-state index contributed by atoms with van der Waals surface area (Å²) in [5, 5.41) is 0. The largest absolute Gasteiger partial charge is 0.398 e. The Labute approximate surface area is 107 Å². The minimum Gasteiger partial charge on any atom is -0.398 e. The van der Waals surface area contributed by atoms with Gasteiger partial charge in [0.1, 0.15) is 17.5 Å². The Morgan fingerprint density at radius 1 is 0.944 bits per heavy atom. The average molecular weight is 269 g/mol. The molecule has 0 unspecified atom stereocenters. The van der Waals surface area contributed by atoms with Gasteiger partial charge in [-0.3, -0.25) is 0 Å². The summed E-state index contributed by atoms with van der Waals surface area (Å²) in [6, 6.07) is 7.22. The van der Waals surface area contributed by atoms with Gasteiger partial charge in [-0.05, 0) is 36.4 Å². The molecule has 0 aromatic heterocycles. The lowest BCUT2D eigenvalue weighted by molar-refractivity contribution is 0.591. The molecule has 0 aliphatic heterocycles. The smallest absolute Gasteiger partial charge is 0.127 e. The standard InChI is InChI=1S/C13H10F3NS/c14-9-1-3-11(16)8(5-9)7-18-13-6-10(15)2-4-12(13)17/h1-6H,7,17H2. The molecule has 0 spiro atoms. The fraction of sp³-hybridized carbons (Fsp3) is 0.0769. The Bertz CT molecular complexity index is 521. The molecule has 0 radical (unpaired) electrons. The molecule has 0 atom stereocenters. The lowest BCUT2D eigenvalue weighted by atomic mass is 10.2. The van der Waals surface area contributed by atoms with Crippen molar-refractivity contribution in [3.05, 3.63) is 59.4 Å². The lowest BCUT2D eigenvalue weighted by Crippen LogP contribution is -1.92. The summed E-state index contributed by atoms with van der Waals surface area (Å²) in [5.41, 5.74) is 6.31. The Balaban J connectivity index is 2.16. The van der Waals surface area contributed by atoms with E-state index in [-0.39, 0.29) is 11.3 Å². The third kappa shape index (κ3) is 2.98. The van der Waals surface area contributed by atoms with Gasteiger partial charge in [-0.15, -0.1) is 11.8 Å². The quantitative estimate of drug-likeness (QED) is 0.673. The van der Waals surface area contributed by atoms with Crippen molar-refractivity contribution >= 4 is 17.4 Å².